The van der Waals surface area contributed by atoms with Crippen LogP contribution in [0.2, 0.25) is 0 Å². The molecule has 0 unspecified atom stereocenters. The molecule has 3 nitrogen and oxygen atoms in total. The first-order valence-electron chi connectivity index (χ1n) is 5.08. The van der Waals surface area contributed by atoms with E-state index in [2.05, 4.69) is 16.7 Å². The zero-order valence-corrected chi connectivity index (χ0v) is 9.30. The Labute approximate surface area is 86.4 Å². The fourth-order valence-electron chi connectivity index (χ4n) is 1.04. The average Bonchev–Trinajstić information content (AvgIpc) is 2.22. The summed E-state index contributed by atoms with van der Waals surface area (Å²) in [4.78, 5) is 12.6. The Morgan fingerprint density at radius 2 is 1.93 bits per heavy atom. The summed E-state index contributed by atoms with van der Waals surface area (Å²) in [6.45, 7) is 9.57. The van der Waals surface area contributed by atoms with Gasteiger partial charge in [0.2, 0.25) is 5.78 Å². The summed E-state index contributed by atoms with van der Waals surface area (Å²) in [5.74, 6) is 5.28. The Morgan fingerprint density at radius 3 is 2.43 bits per heavy atom. The van der Waals surface area contributed by atoms with Crippen LogP contribution in [0.4, 0.5) is 0 Å². The van der Waals surface area contributed by atoms with Gasteiger partial charge in [-0.05, 0) is 5.92 Å². The molecule has 0 aromatic carbocycles. The number of hydrogen-bond acceptors (Lipinski definition) is 3. The molecule has 1 fully saturated rings. The van der Waals surface area contributed by atoms with Crippen molar-refractivity contribution in [2.75, 3.05) is 32.8 Å². The lowest BCUT2D eigenvalue weighted by Gasteiger charge is -2.24. The molecule has 1 aliphatic rings. The molecule has 14 heavy (non-hydrogen) atoms. The highest BCUT2D eigenvalue weighted by atomic mass is 16.5. The van der Waals surface area contributed by atoms with E-state index in [0.29, 0.717) is 6.54 Å². The topological polar surface area (TPSA) is 29.5 Å². The molecule has 0 bridgehead atoms. The van der Waals surface area contributed by atoms with Gasteiger partial charge < -0.3 is 4.74 Å². The molecule has 0 radical (unpaired) electrons. The first-order chi connectivity index (χ1) is 6.79. The van der Waals surface area contributed by atoms with Crippen LogP contribution in [-0.4, -0.2) is 43.5 Å². The Bertz CT molecular complexity index is 209. The molecule has 0 amide bonds. The van der Waals surface area contributed by atoms with Gasteiger partial charge in [0.05, 0.1) is 19.8 Å². The maximum Gasteiger partial charge on any atom is 0.202 e. The summed E-state index contributed by atoms with van der Waals surface area (Å²) in [5, 5.41) is 0. The van der Waals surface area contributed by atoms with Crippen LogP contribution in [0.15, 0.2) is 0 Å². The second-order valence-corrected chi connectivity index (χ2v) is 2.75. The third-order valence-electron chi connectivity index (χ3n) is 1.67. The van der Waals surface area contributed by atoms with Gasteiger partial charge in [-0.3, -0.25) is 9.69 Å². The van der Waals surface area contributed by atoms with Crippen molar-refractivity contribution in [1.82, 2.24) is 4.90 Å². The standard InChI is InChI=1S/C9H13NO2.C2H6/c1-9(11)3-2-4-10-5-7-12-8-6-10;1-2/h4-8H2,1H3;1-2H3. The number of rotatable bonds is 1. The van der Waals surface area contributed by atoms with Crippen LogP contribution >= 0.6 is 0 Å². The van der Waals surface area contributed by atoms with E-state index >= 15 is 0 Å². The third kappa shape index (κ3) is 6.64. The van der Waals surface area contributed by atoms with Crippen LogP contribution < -0.4 is 0 Å². The Kier molecular flexibility index (Phi) is 8.20. The number of ketones is 1. The number of carbonyl (C=O) groups excluding carboxylic acids is 1. The molecule has 0 spiro atoms. The minimum atomic E-state index is -0.0664. The SMILES string of the molecule is CC.CC(=O)C#CCN1CCOCC1. The summed E-state index contributed by atoms with van der Waals surface area (Å²) < 4.78 is 5.17. The summed E-state index contributed by atoms with van der Waals surface area (Å²) in [6, 6.07) is 0. The normalized spacial score (nSPS) is 15.9. The van der Waals surface area contributed by atoms with Gasteiger partial charge in [0.25, 0.3) is 0 Å². The van der Waals surface area contributed by atoms with E-state index in [1.807, 2.05) is 13.8 Å². The summed E-state index contributed by atoms with van der Waals surface area (Å²) in [7, 11) is 0. The first kappa shape index (κ1) is 13.2. The van der Waals surface area contributed by atoms with Crippen molar-refractivity contribution >= 4 is 5.78 Å². The summed E-state index contributed by atoms with van der Waals surface area (Å²) in [6.07, 6.45) is 0. The number of carbonyl (C=O) groups is 1. The van der Waals surface area contributed by atoms with Gasteiger partial charge in [0.15, 0.2) is 0 Å². The second-order valence-electron chi connectivity index (χ2n) is 2.75. The van der Waals surface area contributed by atoms with E-state index in [1.165, 1.54) is 6.92 Å². The van der Waals surface area contributed by atoms with Gasteiger partial charge in [-0.1, -0.05) is 19.8 Å². The zero-order chi connectivity index (χ0) is 10.8. The quantitative estimate of drug-likeness (QED) is 0.463. The fraction of sp³-hybridized carbons (Fsp3) is 0.727. The summed E-state index contributed by atoms with van der Waals surface area (Å²) >= 11 is 0. The summed E-state index contributed by atoms with van der Waals surface area (Å²) in [5.41, 5.74) is 0. The maximum absolute atomic E-state index is 10.5. The molecular formula is C11H19NO2. The van der Waals surface area contributed by atoms with Crippen molar-refractivity contribution in [1.29, 1.82) is 0 Å². The molecular weight excluding hydrogens is 178 g/mol. The largest absolute Gasteiger partial charge is 0.379 e. The molecule has 0 aliphatic carbocycles. The minimum absolute atomic E-state index is 0.0664. The molecule has 1 saturated heterocycles. The van der Waals surface area contributed by atoms with E-state index in [1.54, 1.807) is 0 Å². The predicted molar refractivity (Wildman–Crippen MR) is 57.1 cm³/mol. The van der Waals surface area contributed by atoms with Crippen molar-refractivity contribution in [3.63, 3.8) is 0 Å². The van der Waals surface area contributed by atoms with Gasteiger partial charge in [-0.2, -0.15) is 0 Å². The van der Waals surface area contributed by atoms with E-state index in [4.69, 9.17) is 4.74 Å². The molecule has 1 heterocycles. The van der Waals surface area contributed by atoms with Crippen LogP contribution in [0.25, 0.3) is 0 Å². The number of nitrogens with zero attached hydrogens (tertiary/aromatic N) is 1. The van der Waals surface area contributed by atoms with E-state index < -0.39 is 0 Å². The van der Waals surface area contributed by atoms with Crippen molar-refractivity contribution < 1.29 is 9.53 Å². The monoisotopic (exact) mass is 197 g/mol. The molecule has 1 rings (SSSR count). The Morgan fingerprint density at radius 1 is 1.36 bits per heavy atom. The van der Waals surface area contributed by atoms with Gasteiger partial charge in [-0.25, -0.2) is 0 Å². The lowest BCUT2D eigenvalue weighted by molar-refractivity contribution is -0.111. The van der Waals surface area contributed by atoms with Crippen LogP contribution in [0.1, 0.15) is 20.8 Å². The minimum Gasteiger partial charge on any atom is -0.379 e. The smallest absolute Gasteiger partial charge is 0.202 e. The van der Waals surface area contributed by atoms with Crippen molar-refractivity contribution in [3.05, 3.63) is 0 Å². The Balaban J connectivity index is 0.000000791. The molecule has 3 heteroatoms. The number of ether oxygens (including phenoxy) is 1. The van der Waals surface area contributed by atoms with Gasteiger partial charge >= 0.3 is 0 Å². The number of morpholine rings is 1. The van der Waals surface area contributed by atoms with Gasteiger partial charge in [0, 0.05) is 20.0 Å². The zero-order valence-electron chi connectivity index (χ0n) is 9.30. The molecule has 0 atom stereocenters. The number of Topliss-reactive ketones (excluding diaryl/α,β-unsaturated/α-hetero) is 1. The van der Waals surface area contributed by atoms with Crippen molar-refractivity contribution in [2.24, 2.45) is 0 Å². The second kappa shape index (κ2) is 8.74. The van der Waals surface area contributed by atoms with Gasteiger partial charge in [0.1, 0.15) is 0 Å². The van der Waals surface area contributed by atoms with E-state index in [-0.39, 0.29) is 5.78 Å². The van der Waals surface area contributed by atoms with Gasteiger partial charge in [-0.15, -0.1) is 0 Å². The van der Waals surface area contributed by atoms with Crippen LogP contribution in [-0.2, 0) is 9.53 Å². The fourth-order valence-corrected chi connectivity index (χ4v) is 1.04. The Hall–Kier alpha value is -0.850. The molecule has 0 aromatic heterocycles. The first-order valence-corrected chi connectivity index (χ1v) is 5.08. The van der Waals surface area contributed by atoms with E-state index in [9.17, 15) is 4.79 Å². The lowest BCUT2D eigenvalue weighted by atomic mass is 10.4. The third-order valence-corrected chi connectivity index (χ3v) is 1.67. The average molecular weight is 197 g/mol. The maximum atomic E-state index is 10.5. The molecule has 0 N–H and O–H groups in total. The van der Waals surface area contributed by atoms with E-state index in [0.717, 1.165) is 26.3 Å². The highest BCUT2D eigenvalue weighted by Crippen LogP contribution is 1.94. The highest BCUT2D eigenvalue weighted by molar-refractivity contribution is 5.93. The number of hydrogen-bond donors (Lipinski definition) is 0. The van der Waals surface area contributed by atoms with Crippen LogP contribution in [0, 0.1) is 11.8 Å². The molecule has 0 saturated carbocycles. The van der Waals surface area contributed by atoms with Crippen molar-refractivity contribution in [3.8, 4) is 11.8 Å². The van der Waals surface area contributed by atoms with Crippen LogP contribution in [0.5, 0.6) is 0 Å². The predicted octanol–water partition coefficient (Wildman–Crippen LogP) is 0.937. The highest BCUT2D eigenvalue weighted by Gasteiger charge is 2.07. The molecule has 80 valence electrons. The van der Waals surface area contributed by atoms with Crippen LogP contribution in [0.3, 0.4) is 0 Å². The molecule has 1 aliphatic heterocycles. The molecule has 0 aromatic rings. The van der Waals surface area contributed by atoms with Crippen molar-refractivity contribution in [2.45, 2.75) is 20.8 Å². The lowest BCUT2D eigenvalue weighted by Crippen LogP contribution is -2.36.